The Morgan fingerprint density at radius 1 is 0.696 bits per heavy atom. The lowest BCUT2D eigenvalue weighted by Gasteiger charge is -2.18. The topological polar surface area (TPSA) is 20.2 Å². The van der Waals surface area contributed by atoms with Crippen molar-refractivity contribution in [2.45, 2.75) is 103 Å². The van der Waals surface area contributed by atoms with E-state index in [0.717, 1.165) is 0 Å². The van der Waals surface area contributed by atoms with E-state index in [1.807, 2.05) is 12.1 Å². The summed E-state index contributed by atoms with van der Waals surface area (Å²) in [6.07, 6.45) is 17.3. The fourth-order valence-electron chi connectivity index (χ4n) is 3.45. The third kappa shape index (κ3) is 9.03. The molecule has 1 aromatic rings. The second-order valence-corrected chi connectivity index (χ2v) is 7.02. The summed E-state index contributed by atoms with van der Waals surface area (Å²) in [6, 6.07) is 7.97. The van der Waals surface area contributed by atoms with E-state index in [9.17, 15) is 5.11 Å². The highest BCUT2D eigenvalue weighted by atomic mass is 16.3. The highest BCUT2D eigenvalue weighted by molar-refractivity contribution is 5.34. The predicted octanol–water partition coefficient (Wildman–Crippen LogP) is 7.59. The van der Waals surface area contributed by atoms with Crippen LogP contribution in [0.1, 0.15) is 109 Å². The first kappa shape index (κ1) is 20.1. The fourth-order valence-corrected chi connectivity index (χ4v) is 3.45. The van der Waals surface area contributed by atoms with Crippen LogP contribution < -0.4 is 0 Å². The molecule has 1 rings (SSSR count). The van der Waals surface area contributed by atoms with Crippen LogP contribution >= 0.6 is 0 Å². The number of rotatable bonds is 14. The van der Waals surface area contributed by atoms with Crippen LogP contribution in [0.4, 0.5) is 0 Å². The molecule has 0 spiro atoms. The van der Waals surface area contributed by atoms with Crippen LogP contribution in [0.25, 0.3) is 0 Å². The number of hydrogen-bond donors (Lipinski definition) is 1. The molecule has 1 aromatic carbocycles. The van der Waals surface area contributed by atoms with Crippen LogP contribution in [0.15, 0.2) is 24.3 Å². The van der Waals surface area contributed by atoms with Gasteiger partial charge in [-0.15, -0.1) is 0 Å². The minimum atomic E-state index is 0.496. The van der Waals surface area contributed by atoms with E-state index in [-0.39, 0.29) is 0 Å². The van der Waals surface area contributed by atoms with E-state index in [1.54, 1.807) is 0 Å². The molecular formula is C22H38O. The van der Waals surface area contributed by atoms with Crippen molar-refractivity contribution in [1.29, 1.82) is 0 Å². The van der Waals surface area contributed by atoms with Crippen LogP contribution in [0.5, 0.6) is 5.75 Å². The first-order valence-corrected chi connectivity index (χ1v) is 10.1. The first-order chi connectivity index (χ1) is 11.3. The van der Waals surface area contributed by atoms with Gasteiger partial charge in [0.1, 0.15) is 5.75 Å². The lowest BCUT2D eigenvalue weighted by molar-refractivity contribution is 0.439. The molecule has 0 saturated heterocycles. The van der Waals surface area contributed by atoms with Crippen molar-refractivity contribution in [3.8, 4) is 5.75 Å². The summed E-state index contributed by atoms with van der Waals surface area (Å²) in [5, 5.41) is 10.2. The molecule has 0 heterocycles. The minimum absolute atomic E-state index is 0.496. The summed E-state index contributed by atoms with van der Waals surface area (Å²) in [5.41, 5.74) is 1.18. The summed E-state index contributed by atoms with van der Waals surface area (Å²) in [7, 11) is 0. The van der Waals surface area contributed by atoms with Gasteiger partial charge in [0.05, 0.1) is 0 Å². The number of benzene rings is 1. The van der Waals surface area contributed by atoms with Crippen LogP contribution in [0, 0.1) is 0 Å². The molecule has 0 radical (unpaired) electrons. The fraction of sp³-hybridized carbons (Fsp3) is 0.727. The molecular weight excluding hydrogens is 280 g/mol. The maximum absolute atomic E-state index is 10.2. The number of aromatic hydroxyl groups is 1. The second-order valence-electron chi connectivity index (χ2n) is 7.02. The molecule has 1 unspecified atom stereocenters. The summed E-state index contributed by atoms with van der Waals surface area (Å²) in [4.78, 5) is 0. The molecule has 1 nitrogen and oxygen atoms in total. The molecule has 0 amide bonds. The zero-order valence-corrected chi connectivity index (χ0v) is 15.5. The highest BCUT2D eigenvalue weighted by Crippen LogP contribution is 2.33. The Hall–Kier alpha value is -0.980. The maximum Gasteiger partial charge on any atom is 0.119 e. The average Bonchev–Trinajstić information content (AvgIpc) is 2.56. The largest absolute Gasteiger partial charge is 0.508 e. The van der Waals surface area contributed by atoms with Gasteiger partial charge in [0, 0.05) is 0 Å². The van der Waals surface area contributed by atoms with Gasteiger partial charge in [-0.05, 0) is 30.4 Å². The van der Waals surface area contributed by atoms with Crippen LogP contribution in [-0.4, -0.2) is 5.11 Å². The Bertz CT molecular complexity index is 385. The number of para-hydroxylation sites is 1. The quantitative estimate of drug-likeness (QED) is 0.350. The number of phenols is 1. The van der Waals surface area contributed by atoms with Gasteiger partial charge in [-0.3, -0.25) is 0 Å². The van der Waals surface area contributed by atoms with E-state index >= 15 is 0 Å². The first-order valence-electron chi connectivity index (χ1n) is 10.1. The van der Waals surface area contributed by atoms with Gasteiger partial charge in [0.15, 0.2) is 0 Å². The van der Waals surface area contributed by atoms with Gasteiger partial charge in [-0.2, -0.15) is 0 Å². The Morgan fingerprint density at radius 3 is 1.74 bits per heavy atom. The molecule has 0 saturated carbocycles. The number of phenolic OH excluding ortho intramolecular Hbond substituents is 1. The van der Waals surface area contributed by atoms with E-state index in [1.165, 1.54) is 89.0 Å². The van der Waals surface area contributed by atoms with Gasteiger partial charge in [0.25, 0.3) is 0 Å². The SMILES string of the molecule is CCCCCCCCCC(CCCCCC)c1ccccc1O. The number of unbranched alkanes of at least 4 members (excludes halogenated alkanes) is 9. The summed E-state index contributed by atoms with van der Waals surface area (Å²) < 4.78 is 0. The lowest BCUT2D eigenvalue weighted by Crippen LogP contribution is -2.00. The normalized spacial score (nSPS) is 12.4. The van der Waals surface area contributed by atoms with E-state index in [0.29, 0.717) is 11.7 Å². The molecule has 0 aliphatic carbocycles. The number of hydrogen-bond acceptors (Lipinski definition) is 1. The van der Waals surface area contributed by atoms with Crippen molar-refractivity contribution in [1.82, 2.24) is 0 Å². The monoisotopic (exact) mass is 318 g/mol. The average molecular weight is 319 g/mol. The Labute approximate surface area is 144 Å². The molecule has 0 bridgehead atoms. The Kier molecular flexibility index (Phi) is 11.7. The van der Waals surface area contributed by atoms with Crippen molar-refractivity contribution in [2.24, 2.45) is 0 Å². The van der Waals surface area contributed by atoms with Gasteiger partial charge in [0.2, 0.25) is 0 Å². The Balaban J connectivity index is 2.37. The molecule has 1 N–H and O–H groups in total. The van der Waals surface area contributed by atoms with Gasteiger partial charge in [-0.25, -0.2) is 0 Å². The van der Waals surface area contributed by atoms with Crippen LogP contribution in [0.2, 0.25) is 0 Å². The molecule has 1 heteroatoms. The van der Waals surface area contributed by atoms with Crippen molar-refractivity contribution in [2.75, 3.05) is 0 Å². The van der Waals surface area contributed by atoms with E-state index in [2.05, 4.69) is 26.0 Å². The van der Waals surface area contributed by atoms with Crippen LogP contribution in [-0.2, 0) is 0 Å². The molecule has 0 aliphatic rings. The van der Waals surface area contributed by atoms with Crippen molar-refractivity contribution < 1.29 is 5.11 Å². The van der Waals surface area contributed by atoms with Gasteiger partial charge < -0.3 is 5.11 Å². The minimum Gasteiger partial charge on any atom is -0.508 e. The van der Waals surface area contributed by atoms with E-state index in [4.69, 9.17) is 0 Å². The summed E-state index contributed by atoms with van der Waals surface area (Å²) >= 11 is 0. The highest BCUT2D eigenvalue weighted by Gasteiger charge is 2.14. The zero-order chi connectivity index (χ0) is 16.8. The Morgan fingerprint density at radius 2 is 1.17 bits per heavy atom. The molecule has 0 aromatic heterocycles. The third-order valence-corrected chi connectivity index (χ3v) is 4.94. The van der Waals surface area contributed by atoms with Crippen molar-refractivity contribution >= 4 is 0 Å². The van der Waals surface area contributed by atoms with Crippen LogP contribution in [0.3, 0.4) is 0 Å². The van der Waals surface area contributed by atoms with Crippen molar-refractivity contribution in [3.63, 3.8) is 0 Å². The summed E-state index contributed by atoms with van der Waals surface area (Å²) in [6.45, 7) is 4.54. The molecule has 1 atom stereocenters. The molecule has 23 heavy (non-hydrogen) atoms. The molecule has 0 aliphatic heterocycles. The lowest BCUT2D eigenvalue weighted by atomic mass is 9.87. The smallest absolute Gasteiger partial charge is 0.119 e. The second kappa shape index (κ2) is 13.5. The standard InChI is InChI=1S/C22H38O/c1-3-5-7-9-10-11-13-17-20(16-12-8-6-4-2)21-18-14-15-19-22(21)23/h14-15,18-20,23H,3-13,16-17H2,1-2H3. The zero-order valence-electron chi connectivity index (χ0n) is 15.5. The third-order valence-electron chi connectivity index (χ3n) is 4.94. The molecule has 0 fully saturated rings. The van der Waals surface area contributed by atoms with Crippen molar-refractivity contribution in [3.05, 3.63) is 29.8 Å². The maximum atomic E-state index is 10.2. The predicted molar refractivity (Wildman–Crippen MR) is 102 cm³/mol. The summed E-state index contributed by atoms with van der Waals surface area (Å²) in [5.74, 6) is 1.04. The van der Waals surface area contributed by atoms with E-state index < -0.39 is 0 Å². The molecule has 132 valence electrons. The van der Waals surface area contributed by atoms with Gasteiger partial charge in [-0.1, -0.05) is 103 Å². The van der Waals surface area contributed by atoms with Gasteiger partial charge >= 0.3 is 0 Å².